The van der Waals surface area contributed by atoms with Gasteiger partial charge in [0.2, 0.25) is 5.91 Å². The number of nitrogens with zero attached hydrogens (tertiary/aromatic N) is 3. The van der Waals surface area contributed by atoms with Gasteiger partial charge in [0.25, 0.3) is 0 Å². The van der Waals surface area contributed by atoms with E-state index in [1.807, 2.05) is 30.3 Å². The molecular formula is C29H29ClF2N4O3. The number of fused-ring (bicyclic) bond motifs is 3. The first kappa shape index (κ1) is 28.3. The first-order chi connectivity index (χ1) is 18.6. The Morgan fingerprint density at radius 2 is 1.72 bits per heavy atom. The van der Waals surface area contributed by atoms with Crippen LogP contribution in [0.25, 0.3) is 11.1 Å². The van der Waals surface area contributed by atoms with Gasteiger partial charge in [-0.3, -0.25) is 9.59 Å². The van der Waals surface area contributed by atoms with E-state index < -0.39 is 6.29 Å². The second-order valence-corrected chi connectivity index (χ2v) is 10.5. The van der Waals surface area contributed by atoms with Gasteiger partial charge in [-0.15, -0.1) is 8.78 Å². The molecule has 2 aromatic carbocycles. The van der Waals surface area contributed by atoms with E-state index in [9.17, 15) is 18.4 Å². The van der Waals surface area contributed by atoms with Crippen molar-refractivity contribution in [3.05, 3.63) is 76.8 Å². The van der Waals surface area contributed by atoms with Gasteiger partial charge in [0, 0.05) is 71.1 Å². The summed E-state index contributed by atoms with van der Waals surface area (Å²) in [6, 6.07) is 11.9. The van der Waals surface area contributed by atoms with E-state index in [4.69, 9.17) is 16.4 Å². The summed E-state index contributed by atoms with van der Waals surface area (Å²) in [6.07, 6.45) is 4.47. The highest BCUT2D eigenvalue weighted by atomic mass is 35.5. The van der Waals surface area contributed by atoms with Gasteiger partial charge in [-0.1, -0.05) is 23.7 Å². The molecule has 0 spiro atoms. The number of carbonyl (C=O) groups excluding carboxylic acids is 3. The van der Waals surface area contributed by atoms with E-state index in [0.717, 1.165) is 35.2 Å². The van der Waals surface area contributed by atoms with Crippen LogP contribution in [-0.4, -0.2) is 46.1 Å². The van der Waals surface area contributed by atoms with Crippen molar-refractivity contribution in [2.45, 2.75) is 64.1 Å². The lowest BCUT2D eigenvalue weighted by molar-refractivity contribution is -0.119. The van der Waals surface area contributed by atoms with Crippen molar-refractivity contribution in [2.75, 3.05) is 4.90 Å². The van der Waals surface area contributed by atoms with Crippen molar-refractivity contribution in [2.24, 2.45) is 0 Å². The second-order valence-electron chi connectivity index (χ2n) is 10.0. The van der Waals surface area contributed by atoms with Crippen LogP contribution in [-0.2, 0) is 11.2 Å². The van der Waals surface area contributed by atoms with Gasteiger partial charge in [0.05, 0.1) is 6.04 Å². The van der Waals surface area contributed by atoms with Crippen LogP contribution in [0, 0.1) is 0 Å². The van der Waals surface area contributed by atoms with Crippen LogP contribution >= 0.6 is 11.6 Å². The Morgan fingerprint density at radius 3 is 2.31 bits per heavy atom. The Hall–Kier alpha value is -3.72. The summed E-state index contributed by atoms with van der Waals surface area (Å²) in [4.78, 5) is 44.5. The lowest BCUT2D eigenvalue weighted by atomic mass is 9.90. The largest absolute Gasteiger partial charge is 0.483 e. The van der Waals surface area contributed by atoms with Crippen molar-refractivity contribution in [1.29, 1.82) is 0 Å². The molecule has 1 aromatic heterocycles. The number of amides is 1. The highest BCUT2D eigenvalue weighted by Crippen LogP contribution is 2.53. The number of hydrogen-bond acceptors (Lipinski definition) is 6. The molecular weight excluding hydrogens is 526 g/mol. The SMILES string of the molecule is CC(=O)N[C@H]1CC[C@@H]2c3cc(C(=O)Cc4ccc(Cl)cc4)cc(-c4cncnc4)c3N(C(C)C)[C@H]12.O=C(F)F. The Labute approximate surface area is 230 Å². The first-order valence-electron chi connectivity index (χ1n) is 12.7. The summed E-state index contributed by atoms with van der Waals surface area (Å²) < 4.78 is 19.4. The van der Waals surface area contributed by atoms with Gasteiger partial charge >= 0.3 is 6.29 Å². The molecule has 1 amide bonds. The van der Waals surface area contributed by atoms with Crippen LogP contribution in [0.3, 0.4) is 0 Å². The molecule has 1 aliphatic carbocycles. The van der Waals surface area contributed by atoms with E-state index in [1.54, 1.807) is 19.3 Å². The molecule has 204 valence electrons. The van der Waals surface area contributed by atoms with Gasteiger partial charge < -0.3 is 10.2 Å². The standard InChI is InChI=1S/C28H29ClN4O2.CF2O/c1-16(2)33-27-23(20-13-30-15-31-14-20)11-19(26(35)10-18-4-6-21(29)7-5-18)12-24(27)22-8-9-25(28(22)33)32-17(3)34;2-1(3)4/h4-7,11-16,22,25,28H,8-10H2,1-3H3,(H,32,34);/t22-,25+,28+;/m1./s1. The van der Waals surface area contributed by atoms with Crippen LogP contribution in [0.4, 0.5) is 19.3 Å². The average Bonchev–Trinajstić information content (AvgIpc) is 3.43. The Bertz CT molecular complexity index is 1360. The molecule has 3 aromatic rings. The van der Waals surface area contributed by atoms with Crippen LogP contribution in [0.2, 0.25) is 5.02 Å². The van der Waals surface area contributed by atoms with E-state index in [1.165, 1.54) is 11.9 Å². The summed E-state index contributed by atoms with van der Waals surface area (Å²) >= 11 is 6.02. The molecule has 1 aliphatic heterocycles. The molecule has 10 heteroatoms. The monoisotopic (exact) mass is 554 g/mol. The number of anilines is 1. The minimum absolute atomic E-state index is 0.00849. The normalized spacial score (nSPS) is 19.2. The zero-order valence-electron chi connectivity index (χ0n) is 21.8. The average molecular weight is 555 g/mol. The minimum Gasteiger partial charge on any atom is -0.363 e. The molecule has 7 nitrogen and oxygen atoms in total. The number of halogens is 3. The number of aromatic nitrogens is 2. The van der Waals surface area contributed by atoms with Gasteiger partial charge in [0.1, 0.15) is 6.33 Å². The predicted molar refractivity (Wildman–Crippen MR) is 146 cm³/mol. The summed E-state index contributed by atoms with van der Waals surface area (Å²) in [6.45, 7) is 5.94. The lowest BCUT2D eigenvalue weighted by Crippen LogP contribution is -2.50. The Balaban J connectivity index is 0.000000826. The van der Waals surface area contributed by atoms with Gasteiger partial charge in [-0.25, -0.2) is 14.8 Å². The second kappa shape index (κ2) is 12.0. The van der Waals surface area contributed by atoms with Crippen LogP contribution in [0.15, 0.2) is 55.1 Å². The Kier molecular flexibility index (Phi) is 8.70. The zero-order valence-corrected chi connectivity index (χ0v) is 22.6. The fraction of sp³-hybridized carbons (Fsp3) is 0.345. The van der Waals surface area contributed by atoms with Crippen molar-refractivity contribution < 1.29 is 23.2 Å². The molecule has 5 rings (SSSR count). The van der Waals surface area contributed by atoms with Crippen molar-refractivity contribution in [1.82, 2.24) is 15.3 Å². The Morgan fingerprint density at radius 1 is 1.08 bits per heavy atom. The fourth-order valence-electron chi connectivity index (χ4n) is 5.82. The third-order valence-corrected chi connectivity index (χ3v) is 7.40. The third kappa shape index (κ3) is 6.30. The van der Waals surface area contributed by atoms with Crippen LogP contribution < -0.4 is 10.2 Å². The van der Waals surface area contributed by atoms with Crippen LogP contribution in [0.5, 0.6) is 0 Å². The number of Topliss-reactive ketones (excluding diaryl/α,β-unsaturated/α-hetero) is 1. The molecule has 0 unspecified atom stereocenters. The minimum atomic E-state index is -2.83. The fourth-order valence-corrected chi connectivity index (χ4v) is 5.94. The zero-order chi connectivity index (χ0) is 28.3. The summed E-state index contributed by atoms with van der Waals surface area (Å²) in [5.41, 5.74) is 5.77. The third-order valence-electron chi connectivity index (χ3n) is 7.15. The molecule has 1 saturated carbocycles. The predicted octanol–water partition coefficient (Wildman–Crippen LogP) is 6.25. The molecule has 1 fully saturated rings. The molecule has 2 heterocycles. The van der Waals surface area contributed by atoms with E-state index in [-0.39, 0.29) is 35.7 Å². The number of rotatable bonds is 6. The lowest BCUT2D eigenvalue weighted by Gasteiger charge is -2.36. The molecule has 3 atom stereocenters. The summed E-state index contributed by atoms with van der Waals surface area (Å²) in [5.74, 6) is 0.297. The maximum absolute atomic E-state index is 13.5. The number of carbonyl (C=O) groups is 3. The number of hydrogen-bond donors (Lipinski definition) is 1. The van der Waals surface area contributed by atoms with Gasteiger partial charge in [-0.05, 0) is 62.1 Å². The number of benzene rings is 2. The van der Waals surface area contributed by atoms with Crippen molar-refractivity contribution >= 4 is 35.3 Å². The van der Waals surface area contributed by atoms with Gasteiger partial charge in [-0.2, -0.15) is 0 Å². The molecule has 0 saturated heterocycles. The van der Waals surface area contributed by atoms with Crippen molar-refractivity contribution in [3.63, 3.8) is 0 Å². The molecule has 2 aliphatic rings. The molecule has 39 heavy (non-hydrogen) atoms. The van der Waals surface area contributed by atoms with Crippen LogP contribution in [0.1, 0.15) is 61.0 Å². The van der Waals surface area contributed by atoms with Gasteiger partial charge in [0.15, 0.2) is 5.78 Å². The molecule has 0 radical (unpaired) electrons. The first-order valence-corrected chi connectivity index (χ1v) is 13.1. The van der Waals surface area contributed by atoms with E-state index in [2.05, 4.69) is 40.1 Å². The molecule has 0 bridgehead atoms. The number of ketones is 1. The highest BCUT2D eigenvalue weighted by molar-refractivity contribution is 6.30. The quantitative estimate of drug-likeness (QED) is 0.286. The van der Waals surface area contributed by atoms with E-state index >= 15 is 0 Å². The maximum Gasteiger partial charge on any atom is 0.483 e. The molecule has 1 N–H and O–H groups in total. The summed E-state index contributed by atoms with van der Waals surface area (Å²) in [5, 5.41) is 3.84. The highest BCUT2D eigenvalue weighted by Gasteiger charge is 2.49. The maximum atomic E-state index is 13.5. The smallest absolute Gasteiger partial charge is 0.363 e. The van der Waals surface area contributed by atoms with E-state index in [0.29, 0.717) is 17.0 Å². The topological polar surface area (TPSA) is 92.3 Å². The number of nitrogens with one attached hydrogen (secondary N) is 1. The summed E-state index contributed by atoms with van der Waals surface area (Å²) in [7, 11) is 0. The van der Waals surface area contributed by atoms with Crippen molar-refractivity contribution in [3.8, 4) is 11.1 Å².